The summed E-state index contributed by atoms with van der Waals surface area (Å²) in [6.07, 6.45) is 6.12. The highest BCUT2D eigenvalue weighted by molar-refractivity contribution is 5.62. The number of phenols is 1. The van der Waals surface area contributed by atoms with Crippen molar-refractivity contribution in [3.05, 3.63) is 82.4 Å². The van der Waals surface area contributed by atoms with Crippen LogP contribution in [0.1, 0.15) is 67.3 Å². The fourth-order valence-electron chi connectivity index (χ4n) is 5.41. The van der Waals surface area contributed by atoms with E-state index in [0.29, 0.717) is 11.7 Å². The SMILES string of the molecule is COc1cc(NCCCc2ccc(CCN(C)C(C)(C)C)cc2)c([C@@H]2CCc3cc(O)ccc3C2)cc1OC. The minimum absolute atomic E-state index is 0.201. The zero-order chi connectivity index (χ0) is 28.0. The maximum Gasteiger partial charge on any atom is 0.162 e. The number of likely N-dealkylation sites (N-methyl/N-ethyl adjacent to an activating group) is 1. The van der Waals surface area contributed by atoms with Crippen molar-refractivity contribution in [2.75, 3.05) is 39.7 Å². The van der Waals surface area contributed by atoms with Crippen LogP contribution in [-0.2, 0) is 25.7 Å². The first-order valence-electron chi connectivity index (χ1n) is 14.3. The Bertz CT molecular complexity index is 1230. The first kappa shape index (κ1) is 28.8. The zero-order valence-electron chi connectivity index (χ0n) is 24.6. The van der Waals surface area contributed by atoms with Crippen molar-refractivity contribution in [2.24, 2.45) is 0 Å². The van der Waals surface area contributed by atoms with Gasteiger partial charge < -0.3 is 24.8 Å². The fraction of sp³-hybridized carbons (Fsp3) is 0.471. The molecule has 0 heterocycles. The van der Waals surface area contributed by atoms with Gasteiger partial charge in [0.1, 0.15) is 5.75 Å². The van der Waals surface area contributed by atoms with Crippen LogP contribution < -0.4 is 14.8 Å². The summed E-state index contributed by atoms with van der Waals surface area (Å²) in [6.45, 7) is 8.73. The Balaban J connectivity index is 1.38. The molecule has 0 aliphatic heterocycles. The third-order valence-electron chi connectivity index (χ3n) is 8.28. The van der Waals surface area contributed by atoms with Gasteiger partial charge in [0, 0.05) is 30.4 Å². The van der Waals surface area contributed by atoms with Crippen LogP contribution in [0, 0.1) is 0 Å². The molecule has 3 aromatic rings. The molecule has 2 N–H and O–H groups in total. The number of phenolic OH excluding ortho intramolecular Hbond substituents is 1. The van der Waals surface area contributed by atoms with Gasteiger partial charge in [0.15, 0.2) is 11.5 Å². The standard InChI is InChI=1S/C34H46N2O3/c1-34(2,3)36(4)19-17-25-11-9-24(10-12-25)8-7-18-35-31-23-33(39-6)32(38-5)22-30(31)28-14-13-27-21-29(37)16-15-26(27)20-28/h9-12,15-16,21-23,28,35,37H,7-8,13-14,17-20H2,1-6H3/t28-/m1/s1. The van der Waals surface area contributed by atoms with Crippen molar-refractivity contribution < 1.29 is 14.6 Å². The third kappa shape index (κ3) is 7.48. The first-order valence-corrected chi connectivity index (χ1v) is 14.3. The molecule has 4 rings (SSSR count). The van der Waals surface area contributed by atoms with E-state index in [-0.39, 0.29) is 5.54 Å². The van der Waals surface area contributed by atoms with Crippen LogP contribution >= 0.6 is 0 Å². The van der Waals surface area contributed by atoms with Gasteiger partial charge in [-0.25, -0.2) is 0 Å². The van der Waals surface area contributed by atoms with E-state index in [1.165, 1.54) is 27.8 Å². The van der Waals surface area contributed by atoms with Crippen LogP contribution in [-0.4, -0.2) is 49.9 Å². The normalized spacial score (nSPS) is 15.2. The summed E-state index contributed by atoms with van der Waals surface area (Å²) in [4.78, 5) is 2.41. The van der Waals surface area contributed by atoms with Crippen LogP contribution in [0.2, 0.25) is 0 Å². The second-order valence-electron chi connectivity index (χ2n) is 11.9. The average Bonchev–Trinajstić information content (AvgIpc) is 2.93. The lowest BCUT2D eigenvalue weighted by molar-refractivity contribution is 0.178. The van der Waals surface area contributed by atoms with E-state index in [0.717, 1.165) is 68.8 Å². The molecule has 210 valence electrons. The topological polar surface area (TPSA) is 54.0 Å². The summed E-state index contributed by atoms with van der Waals surface area (Å²) in [6, 6.07) is 19.1. The minimum atomic E-state index is 0.201. The van der Waals surface area contributed by atoms with Crippen molar-refractivity contribution in [1.82, 2.24) is 4.90 Å². The van der Waals surface area contributed by atoms with Gasteiger partial charge >= 0.3 is 0 Å². The number of benzene rings is 3. The number of hydrogen-bond acceptors (Lipinski definition) is 5. The smallest absolute Gasteiger partial charge is 0.162 e. The Morgan fingerprint density at radius 2 is 1.56 bits per heavy atom. The molecule has 0 saturated heterocycles. The molecule has 5 heteroatoms. The van der Waals surface area contributed by atoms with E-state index < -0.39 is 0 Å². The van der Waals surface area contributed by atoms with E-state index in [1.807, 2.05) is 6.07 Å². The second-order valence-corrected chi connectivity index (χ2v) is 11.9. The van der Waals surface area contributed by atoms with Crippen LogP contribution in [0.4, 0.5) is 5.69 Å². The van der Waals surface area contributed by atoms with Gasteiger partial charge in [0.05, 0.1) is 14.2 Å². The van der Waals surface area contributed by atoms with Crippen LogP contribution in [0.3, 0.4) is 0 Å². The summed E-state index contributed by atoms with van der Waals surface area (Å²) in [5, 5.41) is 13.6. The van der Waals surface area contributed by atoms with Gasteiger partial charge in [-0.3, -0.25) is 0 Å². The van der Waals surface area contributed by atoms with Crippen LogP contribution in [0.25, 0.3) is 0 Å². The Morgan fingerprint density at radius 1 is 0.897 bits per heavy atom. The van der Waals surface area contributed by atoms with E-state index in [1.54, 1.807) is 20.3 Å². The quantitative estimate of drug-likeness (QED) is 0.262. The first-order chi connectivity index (χ1) is 18.7. The third-order valence-corrected chi connectivity index (χ3v) is 8.28. The average molecular weight is 531 g/mol. The molecular weight excluding hydrogens is 484 g/mol. The van der Waals surface area contributed by atoms with Crippen molar-refractivity contribution in [1.29, 1.82) is 0 Å². The van der Waals surface area contributed by atoms with Crippen molar-refractivity contribution >= 4 is 5.69 Å². The lowest BCUT2D eigenvalue weighted by Crippen LogP contribution is -2.39. The van der Waals surface area contributed by atoms with E-state index in [9.17, 15) is 5.11 Å². The summed E-state index contributed by atoms with van der Waals surface area (Å²) >= 11 is 0. The molecule has 0 saturated carbocycles. The Morgan fingerprint density at radius 3 is 2.23 bits per heavy atom. The van der Waals surface area contributed by atoms with E-state index >= 15 is 0 Å². The highest BCUT2D eigenvalue weighted by Crippen LogP contribution is 2.42. The molecule has 0 radical (unpaired) electrons. The number of rotatable bonds is 11. The number of nitrogens with one attached hydrogen (secondary N) is 1. The molecule has 1 atom stereocenters. The predicted octanol–water partition coefficient (Wildman–Crippen LogP) is 7.00. The monoisotopic (exact) mass is 530 g/mol. The molecule has 0 bridgehead atoms. The van der Waals surface area contributed by atoms with E-state index in [4.69, 9.17) is 9.47 Å². The van der Waals surface area contributed by atoms with Gasteiger partial charge in [0.25, 0.3) is 0 Å². The maximum atomic E-state index is 9.89. The molecule has 0 aromatic heterocycles. The summed E-state index contributed by atoms with van der Waals surface area (Å²) in [5.74, 6) is 2.25. The number of nitrogens with zero attached hydrogens (tertiary/aromatic N) is 1. The number of fused-ring (bicyclic) bond motifs is 1. The number of methoxy groups -OCH3 is 2. The fourth-order valence-corrected chi connectivity index (χ4v) is 5.41. The van der Waals surface area contributed by atoms with Crippen LogP contribution in [0.5, 0.6) is 17.2 Å². The molecule has 5 nitrogen and oxygen atoms in total. The second kappa shape index (κ2) is 12.8. The Hall–Kier alpha value is -3.18. The molecular formula is C34H46N2O3. The highest BCUT2D eigenvalue weighted by Gasteiger charge is 2.24. The largest absolute Gasteiger partial charge is 0.508 e. The number of ether oxygens (including phenoxy) is 2. The van der Waals surface area contributed by atoms with Crippen molar-refractivity contribution in [2.45, 2.75) is 70.8 Å². The molecule has 0 unspecified atom stereocenters. The van der Waals surface area contributed by atoms with Crippen molar-refractivity contribution in [3.8, 4) is 17.2 Å². The Kier molecular flexibility index (Phi) is 9.45. The van der Waals surface area contributed by atoms with Crippen LogP contribution in [0.15, 0.2) is 54.6 Å². The summed E-state index contributed by atoms with van der Waals surface area (Å²) in [5.41, 5.74) is 7.95. The number of hydrogen-bond donors (Lipinski definition) is 2. The zero-order valence-corrected chi connectivity index (χ0v) is 24.6. The van der Waals surface area contributed by atoms with Gasteiger partial charge in [-0.1, -0.05) is 30.3 Å². The lowest BCUT2D eigenvalue weighted by Gasteiger charge is -2.31. The van der Waals surface area contributed by atoms with Gasteiger partial charge in [-0.15, -0.1) is 0 Å². The molecule has 3 aromatic carbocycles. The number of anilines is 1. The van der Waals surface area contributed by atoms with Gasteiger partial charge in [0.2, 0.25) is 0 Å². The van der Waals surface area contributed by atoms with E-state index in [2.05, 4.69) is 80.5 Å². The maximum absolute atomic E-state index is 9.89. The molecule has 0 spiro atoms. The summed E-state index contributed by atoms with van der Waals surface area (Å²) < 4.78 is 11.3. The van der Waals surface area contributed by atoms with Gasteiger partial charge in [-0.2, -0.15) is 0 Å². The highest BCUT2D eigenvalue weighted by atomic mass is 16.5. The molecule has 39 heavy (non-hydrogen) atoms. The molecule has 0 amide bonds. The number of aryl methyl sites for hydroxylation is 2. The van der Waals surface area contributed by atoms with Crippen molar-refractivity contribution in [3.63, 3.8) is 0 Å². The molecule has 1 aliphatic carbocycles. The van der Waals surface area contributed by atoms with Gasteiger partial charge in [-0.05, 0) is 118 Å². The Labute approximate surface area is 235 Å². The summed E-state index contributed by atoms with van der Waals surface area (Å²) in [7, 11) is 5.58. The minimum Gasteiger partial charge on any atom is -0.508 e. The molecule has 0 fully saturated rings. The number of aromatic hydroxyl groups is 1. The lowest BCUT2D eigenvalue weighted by atomic mass is 9.79. The predicted molar refractivity (Wildman–Crippen MR) is 162 cm³/mol. The molecule has 1 aliphatic rings.